The van der Waals surface area contributed by atoms with Gasteiger partial charge in [0.15, 0.2) is 0 Å². The molecule has 0 aliphatic carbocycles. The molecule has 1 unspecified atom stereocenters. The van der Waals surface area contributed by atoms with Crippen molar-refractivity contribution in [3.63, 3.8) is 0 Å². The minimum absolute atomic E-state index is 0.0648. The van der Waals surface area contributed by atoms with Gasteiger partial charge in [-0.2, -0.15) is 0 Å². The third-order valence-electron chi connectivity index (χ3n) is 2.78. The van der Waals surface area contributed by atoms with Crippen LogP contribution >= 0.6 is 0 Å². The van der Waals surface area contributed by atoms with E-state index in [4.69, 9.17) is 0 Å². The van der Waals surface area contributed by atoms with Crippen LogP contribution in [0, 0.1) is 0 Å². The summed E-state index contributed by atoms with van der Waals surface area (Å²) in [5.41, 5.74) is 0.0648. The van der Waals surface area contributed by atoms with E-state index in [9.17, 15) is 4.79 Å². The van der Waals surface area contributed by atoms with E-state index in [-0.39, 0.29) is 11.4 Å². The summed E-state index contributed by atoms with van der Waals surface area (Å²) in [7, 11) is 0. The number of amides is 1. The molecule has 0 saturated carbocycles. The van der Waals surface area contributed by atoms with Crippen LogP contribution in [0.1, 0.15) is 26.2 Å². The molecule has 1 atom stereocenters. The number of nitrogens with zero attached hydrogens (tertiary/aromatic N) is 1. The standard InChI is InChI=1S/C9H13NO/c1-9-5-2-3-7-10(9)8(11)4-6-9/h4,6H,2-3,5,7H2,1H3. The first-order valence-electron chi connectivity index (χ1n) is 4.23. The number of fused-ring (bicyclic) bond motifs is 1. The SMILES string of the molecule is CC12C=CC(=O)N1CCCC2. The van der Waals surface area contributed by atoms with Crippen molar-refractivity contribution >= 4 is 5.91 Å². The molecular formula is C9H13NO. The van der Waals surface area contributed by atoms with Gasteiger partial charge < -0.3 is 4.90 Å². The first-order chi connectivity index (χ1) is 5.22. The fourth-order valence-corrected chi connectivity index (χ4v) is 2.02. The third-order valence-corrected chi connectivity index (χ3v) is 2.78. The van der Waals surface area contributed by atoms with Crippen LogP contribution in [-0.4, -0.2) is 22.9 Å². The second kappa shape index (κ2) is 2.10. The zero-order chi connectivity index (χ0) is 7.90. The molecule has 0 radical (unpaired) electrons. The van der Waals surface area contributed by atoms with Gasteiger partial charge in [0.25, 0.3) is 0 Å². The van der Waals surface area contributed by atoms with Crippen LogP contribution in [0.15, 0.2) is 12.2 Å². The van der Waals surface area contributed by atoms with E-state index in [1.54, 1.807) is 6.08 Å². The Labute approximate surface area is 66.9 Å². The molecule has 1 fully saturated rings. The minimum Gasteiger partial charge on any atom is -0.330 e. The lowest BCUT2D eigenvalue weighted by Crippen LogP contribution is -2.47. The van der Waals surface area contributed by atoms with Crippen molar-refractivity contribution in [2.45, 2.75) is 31.7 Å². The monoisotopic (exact) mass is 151 g/mol. The molecule has 2 nitrogen and oxygen atoms in total. The molecule has 0 aromatic rings. The maximum Gasteiger partial charge on any atom is 0.247 e. The van der Waals surface area contributed by atoms with Gasteiger partial charge in [0.05, 0.1) is 5.54 Å². The van der Waals surface area contributed by atoms with Gasteiger partial charge in [0, 0.05) is 12.6 Å². The van der Waals surface area contributed by atoms with Gasteiger partial charge >= 0.3 is 0 Å². The Morgan fingerprint density at radius 1 is 1.55 bits per heavy atom. The predicted octanol–water partition coefficient (Wildman–Crippen LogP) is 1.33. The lowest BCUT2D eigenvalue weighted by atomic mass is 9.91. The second-order valence-corrected chi connectivity index (χ2v) is 3.64. The summed E-state index contributed by atoms with van der Waals surface area (Å²) in [5, 5.41) is 0. The fraction of sp³-hybridized carbons (Fsp3) is 0.667. The third kappa shape index (κ3) is 0.889. The zero-order valence-electron chi connectivity index (χ0n) is 6.84. The van der Waals surface area contributed by atoms with Crippen LogP contribution < -0.4 is 0 Å². The van der Waals surface area contributed by atoms with Gasteiger partial charge in [-0.3, -0.25) is 4.79 Å². The topological polar surface area (TPSA) is 20.3 Å². The van der Waals surface area contributed by atoms with Crippen molar-refractivity contribution in [3.8, 4) is 0 Å². The Morgan fingerprint density at radius 2 is 2.36 bits per heavy atom. The molecule has 2 heterocycles. The molecule has 2 aliphatic rings. The number of rotatable bonds is 0. The van der Waals surface area contributed by atoms with Crippen LogP contribution in [0.2, 0.25) is 0 Å². The van der Waals surface area contributed by atoms with E-state index in [0.717, 1.165) is 13.0 Å². The van der Waals surface area contributed by atoms with Gasteiger partial charge in [-0.1, -0.05) is 6.08 Å². The Hall–Kier alpha value is -0.790. The van der Waals surface area contributed by atoms with E-state index < -0.39 is 0 Å². The molecule has 11 heavy (non-hydrogen) atoms. The first kappa shape index (κ1) is 6.89. The number of hydrogen-bond donors (Lipinski definition) is 0. The summed E-state index contributed by atoms with van der Waals surface area (Å²) in [6.45, 7) is 3.09. The van der Waals surface area contributed by atoms with Gasteiger partial charge in [-0.15, -0.1) is 0 Å². The number of carbonyl (C=O) groups is 1. The van der Waals surface area contributed by atoms with Crippen molar-refractivity contribution in [3.05, 3.63) is 12.2 Å². The summed E-state index contributed by atoms with van der Waals surface area (Å²) in [5.74, 6) is 0.201. The molecule has 0 bridgehead atoms. The Kier molecular flexibility index (Phi) is 1.31. The minimum atomic E-state index is 0.0648. The van der Waals surface area contributed by atoms with E-state index in [2.05, 4.69) is 13.0 Å². The van der Waals surface area contributed by atoms with Gasteiger partial charge in [0.2, 0.25) is 5.91 Å². The summed E-state index contributed by atoms with van der Waals surface area (Å²) in [6, 6.07) is 0. The molecule has 2 heteroatoms. The van der Waals surface area contributed by atoms with Crippen molar-refractivity contribution in [1.82, 2.24) is 4.90 Å². The van der Waals surface area contributed by atoms with E-state index in [1.165, 1.54) is 12.8 Å². The highest BCUT2D eigenvalue weighted by atomic mass is 16.2. The molecule has 0 spiro atoms. The maximum atomic E-state index is 11.3. The van der Waals surface area contributed by atoms with E-state index in [1.807, 2.05) is 4.90 Å². The predicted molar refractivity (Wildman–Crippen MR) is 43.1 cm³/mol. The molecule has 0 aromatic heterocycles. The van der Waals surface area contributed by atoms with Crippen molar-refractivity contribution in [1.29, 1.82) is 0 Å². The lowest BCUT2D eigenvalue weighted by Gasteiger charge is -2.38. The average molecular weight is 151 g/mol. The van der Waals surface area contributed by atoms with Crippen molar-refractivity contribution in [2.75, 3.05) is 6.54 Å². The number of carbonyl (C=O) groups excluding carboxylic acids is 1. The van der Waals surface area contributed by atoms with Crippen LogP contribution in [0.5, 0.6) is 0 Å². The van der Waals surface area contributed by atoms with Crippen molar-refractivity contribution < 1.29 is 4.79 Å². The number of piperidine rings is 1. The Bertz CT molecular complexity index is 222. The normalized spacial score (nSPS) is 36.1. The van der Waals surface area contributed by atoms with Crippen LogP contribution in [0.4, 0.5) is 0 Å². The quantitative estimate of drug-likeness (QED) is 0.511. The summed E-state index contributed by atoms with van der Waals surface area (Å²) in [6.07, 6.45) is 7.32. The molecule has 60 valence electrons. The van der Waals surface area contributed by atoms with Gasteiger partial charge in [0.1, 0.15) is 0 Å². The fourth-order valence-electron chi connectivity index (χ4n) is 2.02. The molecular weight excluding hydrogens is 138 g/mol. The smallest absolute Gasteiger partial charge is 0.247 e. The highest BCUT2D eigenvalue weighted by Crippen LogP contribution is 2.32. The lowest BCUT2D eigenvalue weighted by molar-refractivity contribution is -0.129. The van der Waals surface area contributed by atoms with E-state index in [0.29, 0.717) is 0 Å². The largest absolute Gasteiger partial charge is 0.330 e. The average Bonchev–Trinajstić information content (AvgIpc) is 2.29. The molecule has 1 amide bonds. The summed E-state index contributed by atoms with van der Waals surface area (Å²) >= 11 is 0. The first-order valence-corrected chi connectivity index (χ1v) is 4.23. The summed E-state index contributed by atoms with van der Waals surface area (Å²) < 4.78 is 0. The second-order valence-electron chi connectivity index (χ2n) is 3.64. The van der Waals surface area contributed by atoms with Crippen LogP contribution in [0.3, 0.4) is 0 Å². The molecule has 0 aromatic carbocycles. The highest BCUT2D eigenvalue weighted by molar-refractivity contribution is 5.91. The zero-order valence-corrected chi connectivity index (χ0v) is 6.84. The molecule has 2 aliphatic heterocycles. The highest BCUT2D eigenvalue weighted by Gasteiger charge is 2.38. The molecule has 0 N–H and O–H groups in total. The number of hydrogen-bond acceptors (Lipinski definition) is 1. The molecule has 1 saturated heterocycles. The summed E-state index contributed by atoms with van der Waals surface area (Å²) in [4.78, 5) is 13.2. The maximum absolute atomic E-state index is 11.3. The van der Waals surface area contributed by atoms with Crippen molar-refractivity contribution in [2.24, 2.45) is 0 Å². The van der Waals surface area contributed by atoms with Gasteiger partial charge in [-0.25, -0.2) is 0 Å². The Morgan fingerprint density at radius 3 is 3.09 bits per heavy atom. The van der Waals surface area contributed by atoms with Crippen LogP contribution in [0.25, 0.3) is 0 Å². The molecule has 2 rings (SSSR count). The van der Waals surface area contributed by atoms with E-state index >= 15 is 0 Å². The van der Waals surface area contributed by atoms with Crippen LogP contribution in [-0.2, 0) is 4.79 Å². The van der Waals surface area contributed by atoms with Gasteiger partial charge in [-0.05, 0) is 26.2 Å². The Balaban J connectivity index is 2.27.